The van der Waals surface area contributed by atoms with Crippen LogP contribution in [0.5, 0.6) is 0 Å². The van der Waals surface area contributed by atoms with Crippen LogP contribution >= 0.6 is 11.6 Å². The Kier molecular flexibility index (Phi) is 3.82. The van der Waals surface area contributed by atoms with Gasteiger partial charge in [0, 0.05) is 30.0 Å². The summed E-state index contributed by atoms with van der Waals surface area (Å²) in [6.45, 7) is 5.09. The Hall–Kier alpha value is -1.32. The fourth-order valence-corrected chi connectivity index (χ4v) is 1.81. The van der Waals surface area contributed by atoms with Gasteiger partial charge in [0.15, 0.2) is 0 Å². The van der Waals surface area contributed by atoms with Gasteiger partial charge in [0.25, 0.3) is 0 Å². The van der Waals surface area contributed by atoms with Crippen molar-refractivity contribution < 1.29 is 0 Å². The number of rotatable bonds is 4. The lowest BCUT2D eigenvalue weighted by Crippen LogP contribution is -2.22. The summed E-state index contributed by atoms with van der Waals surface area (Å²) in [7, 11) is 0. The molecular weight excluding hydrogens is 234 g/mol. The molecule has 0 amide bonds. The normalized spacial score (nSPS) is 11.1. The first-order valence-electron chi connectivity index (χ1n) is 5.67. The summed E-state index contributed by atoms with van der Waals surface area (Å²) in [4.78, 5) is 4.06. The third-order valence-corrected chi connectivity index (χ3v) is 2.77. The highest BCUT2D eigenvalue weighted by molar-refractivity contribution is 6.30. The van der Waals surface area contributed by atoms with E-state index < -0.39 is 0 Å². The zero-order valence-electron chi connectivity index (χ0n) is 10.0. The van der Waals surface area contributed by atoms with E-state index in [4.69, 9.17) is 11.6 Å². The number of hydrogen-bond donors (Lipinski definition) is 1. The molecule has 4 heteroatoms. The Morgan fingerprint density at radius 2 is 2.24 bits per heavy atom. The van der Waals surface area contributed by atoms with Crippen LogP contribution in [0.1, 0.15) is 19.4 Å². The molecule has 0 radical (unpaired) electrons. The van der Waals surface area contributed by atoms with E-state index in [-0.39, 0.29) is 0 Å². The van der Waals surface area contributed by atoms with E-state index >= 15 is 0 Å². The molecule has 1 aromatic carbocycles. The lowest BCUT2D eigenvalue weighted by molar-refractivity contribution is 0.587. The molecule has 1 heterocycles. The number of aromatic nitrogens is 2. The molecule has 0 aliphatic heterocycles. The minimum Gasteiger partial charge on any atom is -0.310 e. The number of nitrogens with zero attached hydrogens (tertiary/aromatic N) is 2. The standard InChI is InChI=1S/C13H16ClN3/c1-10(2)16-8-11-3-4-12(14)7-13(11)17-6-5-15-9-17/h3-7,9-10,16H,8H2,1-2H3. The summed E-state index contributed by atoms with van der Waals surface area (Å²) in [5, 5.41) is 4.14. The molecule has 0 saturated heterocycles. The number of hydrogen-bond acceptors (Lipinski definition) is 2. The van der Waals surface area contributed by atoms with Crippen molar-refractivity contribution in [1.82, 2.24) is 14.9 Å². The van der Waals surface area contributed by atoms with Gasteiger partial charge in [0.2, 0.25) is 0 Å². The van der Waals surface area contributed by atoms with Crippen LogP contribution in [-0.2, 0) is 6.54 Å². The first-order chi connectivity index (χ1) is 8.16. The van der Waals surface area contributed by atoms with Crippen LogP contribution in [0.3, 0.4) is 0 Å². The highest BCUT2D eigenvalue weighted by Gasteiger charge is 2.05. The van der Waals surface area contributed by atoms with Gasteiger partial charge in [-0.1, -0.05) is 31.5 Å². The molecule has 2 aromatic rings. The van der Waals surface area contributed by atoms with Crippen molar-refractivity contribution in [3.8, 4) is 5.69 Å². The molecule has 0 spiro atoms. The van der Waals surface area contributed by atoms with E-state index in [1.165, 1.54) is 5.56 Å². The molecule has 1 N–H and O–H groups in total. The fraction of sp³-hybridized carbons (Fsp3) is 0.308. The monoisotopic (exact) mass is 249 g/mol. The zero-order chi connectivity index (χ0) is 12.3. The molecule has 0 unspecified atom stereocenters. The van der Waals surface area contributed by atoms with Crippen molar-refractivity contribution in [2.45, 2.75) is 26.4 Å². The molecular formula is C13H16ClN3. The quantitative estimate of drug-likeness (QED) is 0.903. The van der Waals surface area contributed by atoms with Gasteiger partial charge in [-0.2, -0.15) is 0 Å². The van der Waals surface area contributed by atoms with Gasteiger partial charge in [-0.25, -0.2) is 4.98 Å². The predicted molar refractivity (Wildman–Crippen MR) is 70.5 cm³/mol. The van der Waals surface area contributed by atoms with E-state index in [2.05, 4.69) is 24.1 Å². The minimum absolute atomic E-state index is 0.460. The average molecular weight is 250 g/mol. The predicted octanol–water partition coefficient (Wildman–Crippen LogP) is 3.02. The lowest BCUT2D eigenvalue weighted by Gasteiger charge is -2.13. The van der Waals surface area contributed by atoms with Crippen LogP contribution in [0.4, 0.5) is 0 Å². The zero-order valence-corrected chi connectivity index (χ0v) is 10.8. The van der Waals surface area contributed by atoms with E-state index in [1.54, 1.807) is 12.5 Å². The van der Waals surface area contributed by atoms with Crippen LogP contribution in [0, 0.1) is 0 Å². The maximum atomic E-state index is 6.04. The second-order valence-electron chi connectivity index (χ2n) is 4.28. The highest BCUT2D eigenvalue weighted by Crippen LogP contribution is 2.20. The fourth-order valence-electron chi connectivity index (χ4n) is 1.64. The second-order valence-corrected chi connectivity index (χ2v) is 4.72. The third kappa shape index (κ3) is 3.08. The Morgan fingerprint density at radius 3 is 2.88 bits per heavy atom. The van der Waals surface area contributed by atoms with Crippen molar-refractivity contribution in [2.24, 2.45) is 0 Å². The van der Waals surface area contributed by atoms with Crippen LogP contribution in [-0.4, -0.2) is 15.6 Å². The molecule has 2 rings (SSSR count). The highest BCUT2D eigenvalue weighted by atomic mass is 35.5. The van der Waals surface area contributed by atoms with Crippen molar-refractivity contribution in [3.63, 3.8) is 0 Å². The van der Waals surface area contributed by atoms with Crippen molar-refractivity contribution in [2.75, 3.05) is 0 Å². The first kappa shape index (κ1) is 12.1. The summed E-state index contributed by atoms with van der Waals surface area (Å²) in [6, 6.07) is 6.38. The summed E-state index contributed by atoms with van der Waals surface area (Å²) < 4.78 is 1.98. The third-order valence-electron chi connectivity index (χ3n) is 2.53. The Bertz CT molecular complexity index is 477. The number of benzene rings is 1. The van der Waals surface area contributed by atoms with Crippen molar-refractivity contribution >= 4 is 11.6 Å². The molecule has 17 heavy (non-hydrogen) atoms. The molecule has 0 saturated carbocycles. The Morgan fingerprint density at radius 1 is 1.41 bits per heavy atom. The van der Waals surface area contributed by atoms with Crippen LogP contribution in [0.25, 0.3) is 5.69 Å². The van der Waals surface area contributed by atoms with E-state index in [0.717, 1.165) is 17.3 Å². The Labute approximate surface area is 106 Å². The van der Waals surface area contributed by atoms with Crippen LogP contribution < -0.4 is 5.32 Å². The summed E-state index contributed by atoms with van der Waals surface area (Å²) in [5.74, 6) is 0. The maximum absolute atomic E-state index is 6.04. The summed E-state index contributed by atoms with van der Waals surface area (Å²) in [5.41, 5.74) is 2.28. The van der Waals surface area contributed by atoms with Crippen LogP contribution in [0.2, 0.25) is 5.02 Å². The van der Waals surface area contributed by atoms with Gasteiger partial charge in [0.1, 0.15) is 0 Å². The number of nitrogens with one attached hydrogen (secondary N) is 1. The molecule has 0 bridgehead atoms. The summed E-state index contributed by atoms with van der Waals surface area (Å²) in [6.07, 6.45) is 5.47. The van der Waals surface area contributed by atoms with Gasteiger partial charge >= 0.3 is 0 Å². The van der Waals surface area contributed by atoms with Crippen LogP contribution in [0.15, 0.2) is 36.9 Å². The SMILES string of the molecule is CC(C)NCc1ccc(Cl)cc1-n1ccnc1. The van der Waals surface area contributed by atoms with Crippen molar-refractivity contribution in [3.05, 3.63) is 47.5 Å². The Balaban J connectivity index is 2.31. The minimum atomic E-state index is 0.460. The van der Waals surface area contributed by atoms with Gasteiger partial charge in [0.05, 0.1) is 12.0 Å². The molecule has 0 aliphatic rings. The molecule has 0 aliphatic carbocycles. The molecule has 1 aromatic heterocycles. The molecule has 3 nitrogen and oxygen atoms in total. The number of imidazole rings is 1. The molecule has 90 valence electrons. The molecule has 0 fully saturated rings. The topological polar surface area (TPSA) is 29.9 Å². The largest absolute Gasteiger partial charge is 0.310 e. The maximum Gasteiger partial charge on any atom is 0.0991 e. The van der Waals surface area contributed by atoms with Gasteiger partial charge < -0.3 is 9.88 Å². The van der Waals surface area contributed by atoms with E-state index in [1.807, 2.05) is 29.0 Å². The smallest absolute Gasteiger partial charge is 0.0991 e. The number of halogens is 1. The first-order valence-corrected chi connectivity index (χ1v) is 6.05. The van der Waals surface area contributed by atoms with E-state index in [9.17, 15) is 0 Å². The lowest BCUT2D eigenvalue weighted by atomic mass is 10.1. The summed E-state index contributed by atoms with van der Waals surface area (Å²) >= 11 is 6.04. The van der Waals surface area contributed by atoms with Gasteiger partial charge in [-0.3, -0.25) is 0 Å². The molecule has 0 atom stereocenters. The van der Waals surface area contributed by atoms with Gasteiger partial charge in [-0.15, -0.1) is 0 Å². The van der Waals surface area contributed by atoms with Crippen molar-refractivity contribution in [1.29, 1.82) is 0 Å². The van der Waals surface area contributed by atoms with Gasteiger partial charge in [-0.05, 0) is 17.7 Å². The van der Waals surface area contributed by atoms with E-state index in [0.29, 0.717) is 6.04 Å². The average Bonchev–Trinajstić information content (AvgIpc) is 2.80. The second kappa shape index (κ2) is 5.34.